The number of hydrogen-bond donors (Lipinski definition) is 1. The minimum absolute atomic E-state index is 0.0892. The van der Waals surface area contributed by atoms with E-state index in [0.717, 1.165) is 52.2 Å². The van der Waals surface area contributed by atoms with Crippen LogP contribution in [0.3, 0.4) is 0 Å². The number of benzene rings is 3. The van der Waals surface area contributed by atoms with Crippen molar-refractivity contribution in [3.05, 3.63) is 101 Å². The van der Waals surface area contributed by atoms with Crippen molar-refractivity contribution >= 4 is 21.8 Å². The summed E-state index contributed by atoms with van der Waals surface area (Å²) in [5.74, 6) is -0.636. The molecule has 40 heavy (non-hydrogen) atoms. The molecule has 0 aromatic heterocycles. The Kier molecular flexibility index (Phi) is 9.76. The van der Waals surface area contributed by atoms with Gasteiger partial charge in [-0.3, -0.25) is 9.59 Å². The molecule has 3 aromatic carbocycles. The number of amides is 2. The molecule has 1 saturated carbocycles. The first-order valence-electron chi connectivity index (χ1n) is 13.9. The lowest BCUT2D eigenvalue weighted by Crippen LogP contribution is -2.54. The van der Waals surface area contributed by atoms with Gasteiger partial charge in [-0.15, -0.1) is 0 Å². The van der Waals surface area contributed by atoms with Gasteiger partial charge in [-0.25, -0.2) is 8.42 Å². The van der Waals surface area contributed by atoms with Gasteiger partial charge in [0.1, 0.15) is 6.04 Å². The number of nitrogens with zero attached hydrogens (tertiary/aromatic N) is 2. The summed E-state index contributed by atoms with van der Waals surface area (Å²) >= 11 is 0. The molecule has 0 heterocycles. The Hall–Kier alpha value is -3.49. The number of nitrogens with one attached hydrogen (secondary N) is 1. The SMILES string of the molecule is Cc1ccc(S(=O)(=O)N(C)CC(=O)N(Cc2cccc(C)c2)[C@@H](Cc2ccccc2)C(=O)NC2CCCC2)cc1. The molecule has 0 saturated heterocycles. The molecule has 0 radical (unpaired) electrons. The van der Waals surface area contributed by atoms with Crippen LogP contribution in [0.5, 0.6) is 0 Å². The molecule has 212 valence electrons. The maximum absolute atomic E-state index is 14.0. The van der Waals surface area contributed by atoms with Gasteiger partial charge in [0.05, 0.1) is 11.4 Å². The van der Waals surface area contributed by atoms with E-state index in [9.17, 15) is 18.0 Å². The van der Waals surface area contributed by atoms with Gasteiger partial charge in [-0.2, -0.15) is 4.31 Å². The Bertz CT molecular complexity index is 1400. The smallest absolute Gasteiger partial charge is 0.243 e. The second kappa shape index (κ2) is 13.2. The van der Waals surface area contributed by atoms with E-state index < -0.39 is 22.0 Å². The minimum Gasteiger partial charge on any atom is -0.352 e. The van der Waals surface area contributed by atoms with Gasteiger partial charge in [-0.05, 0) is 49.9 Å². The fourth-order valence-corrected chi connectivity index (χ4v) is 6.31. The molecule has 4 rings (SSSR count). The summed E-state index contributed by atoms with van der Waals surface area (Å²) in [6.45, 7) is 3.67. The summed E-state index contributed by atoms with van der Waals surface area (Å²) in [5.41, 5.74) is 3.79. The van der Waals surface area contributed by atoms with Gasteiger partial charge in [0, 0.05) is 26.1 Å². The summed E-state index contributed by atoms with van der Waals surface area (Å²) in [6.07, 6.45) is 4.31. The average molecular weight is 562 g/mol. The highest BCUT2D eigenvalue weighted by Crippen LogP contribution is 2.21. The van der Waals surface area contributed by atoms with Crippen LogP contribution in [0.2, 0.25) is 0 Å². The normalized spacial score (nSPS) is 14.7. The molecule has 7 nitrogen and oxygen atoms in total. The van der Waals surface area contributed by atoms with E-state index in [1.54, 1.807) is 29.2 Å². The first kappa shape index (κ1) is 29.5. The molecular weight excluding hydrogens is 522 g/mol. The lowest BCUT2D eigenvalue weighted by molar-refractivity contribution is -0.141. The van der Waals surface area contributed by atoms with E-state index in [2.05, 4.69) is 5.32 Å². The fraction of sp³-hybridized carbons (Fsp3) is 0.375. The zero-order valence-corrected chi connectivity index (χ0v) is 24.4. The van der Waals surface area contributed by atoms with Crippen LogP contribution in [0, 0.1) is 13.8 Å². The van der Waals surface area contributed by atoms with Crippen molar-refractivity contribution < 1.29 is 18.0 Å². The molecule has 1 fully saturated rings. The molecule has 8 heteroatoms. The third-order valence-electron chi connectivity index (χ3n) is 7.50. The van der Waals surface area contributed by atoms with E-state index in [1.165, 1.54) is 7.05 Å². The van der Waals surface area contributed by atoms with Crippen molar-refractivity contribution in [1.82, 2.24) is 14.5 Å². The van der Waals surface area contributed by atoms with Crippen LogP contribution in [0.1, 0.15) is 47.9 Å². The fourth-order valence-electron chi connectivity index (χ4n) is 5.19. The van der Waals surface area contributed by atoms with Crippen LogP contribution in [-0.4, -0.2) is 55.1 Å². The molecule has 1 atom stereocenters. The molecule has 1 aliphatic carbocycles. The van der Waals surface area contributed by atoms with E-state index in [0.29, 0.717) is 6.42 Å². The molecule has 2 amide bonds. The van der Waals surface area contributed by atoms with Crippen LogP contribution in [0.15, 0.2) is 83.8 Å². The van der Waals surface area contributed by atoms with Crippen LogP contribution >= 0.6 is 0 Å². The highest BCUT2D eigenvalue weighted by molar-refractivity contribution is 7.89. The third kappa shape index (κ3) is 7.58. The average Bonchev–Trinajstić information content (AvgIpc) is 3.44. The number of carbonyl (C=O) groups is 2. The molecule has 0 bridgehead atoms. The van der Waals surface area contributed by atoms with Gasteiger partial charge < -0.3 is 10.2 Å². The number of rotatable bonds is 11. The summed E-state index contributed by atoms with van der Waals surface area (Å²) in [4.78, 5) is 29.5. The zero-order valence-electron chi connectivity index (χ0n) is 23.5. The second-order valence-corrected chi connectivity index (χ2v) is 12.8. The van der Waals surface area contributed by atoms with Gasteiger partial charge in [-0.1, -0.05) is 90.7 Å². The van der Waals surface area contributed by atoms with E-state index in [1.807, 2.05) is 68.4 Å². The number of hydrogen-bond acceptors (Lipinski definition) is 4. The quantitative estimate of drug-likeness (QED) is 0.370. The standard InChI is InChI=1S/C32H39N3O4S/c1-24-16-18-29(19-17-24)40(38,39)34(3)23-31(36)35(22-27-13-9-10-25(2)20-27)30(21-26-11-5-4-6-12-26)32(37)33-28-14-7-8-15-28/h4-6,9-13,16-20,28,30H,7-8,14-15,21-23H2,1-3H3,(H,33,37)/t30-/m0/s1. The predicted octanol–water partition coefficient (Wildman–Crippen LogP) is 4.62. The monoisotopic (exact) mass is 561 g/mol. The molecule has 1 aliphatic rings. The van der Waals surface area contributed by atoms with Crippen molar-refractivity contribution in [2.45, 2.75) is 69.5 Å². The van der Waals surface area contributed by atoms with E-state index >= 15 is 0 Å². The van der Waals surface area contributed by atoms with Crippen molar-refractivity contribution in [2.75, 3.05) is 13.6 Å². The molecule has 0 unspecified atom stereocenters. The number of likely N-dealkylation sites (N-methyl/N-ethyl adjacent to an activating group) is 1. The second-order valence-electron chi connectivity index (χ2n) is 10.8. The van der Waals surface area contributed by atoms with Crippen molar-refractivity contribution in [3.63, 3.8) is 0 Å². The van der Waals surface area contributed by atoms with Gasteiger partial charge in [0.2, 0.25) is 21.8 Å². The predicted molar refractivity (Wildman–Crippen MR) is 157 cm³/mol. The lowest BCUT2D eigenvalue weighted by Gasteiger charge is -2.33. The van der Waals surface area contributed by atoms with Crippen LogP contribution < -0.4 is 5.32 Å². The van der Waals surface area contributed by atoms with Gasteiger partial charge in [0.25, 0.3) is 0 Å². The minimum atomic E-state index is -3.90. The Balaban J connectivity index is 1.66. The van der Waals surface area contributed by atoms with E-state index in [-0.39, 0.29) is 29.9 Å². The first-order valence-corrected chi connectivity index (χ1v) is 15.3. The molecule has 3 aromatic rings. The maximum atomic E-state index is 14.0. The largest absolute Gasteiger partial charge is 0.352 e. The number of aryl methyl sites for hydroxylation is 2. The van der Waals surface area contributed by atoms with Crippen LogP contribution in [0.4, 0.5) is 0 Å². The summed E-state index contributed by atoms with van der Waals surface area (Å²) in [7, 11) is -2.50. The Morgan fingerprint density at radius 1 is 0.875 bits per heavy atom. The first-order chi connectivity index (χ1) is 19.1. The summed E-state index contributed by atoms with van der Waals surface area (Å²) in [5, 5.41) is 3.18. The summed E-state index contributed by atoms with van der Waals surface area (Å²) < 4.78 is 27.7. The molecule has 0 aliphatic heterocycles. The molecular formula is C32H39N3O4S. The van der Waals surface area contributed by atoms with Crippen LogP contribution in [0.25, 0.3) is 0 Å². The van der Waals surface area contributed by atoms with E-state index in [4.69, 9.17) is 0 Å². The molecule has 0 spiro atoms. The Morgan fingerprint density at radius 3 is 2.17 bits per heavy atom. The van der Waals surface area contributed by atoms with Gasteiger partial charge in [0.15, 0.2) is 0 Å². The van der Waals surface area contributed by atoms with Crippen molar-refractivity contribution in [3.8, 4) is 0 Å². The number of sulfonamides is 1. The van der Waals surface area contributed by atoms with Crippen LogP contribution in [-0.2, 0) is 32.6 Å². The number of carbonyl (C=O) groups excluding carboxylic acids is 2. The van der Waals surface area contributed by atoms with Gasteiger partial charge >= 0.3 is 0 Å². The molecule has 1 N–H and O–H groups in total. The topological polar surface area (TPSA) is 86.8 Å². The Morgan fingerprint density at radius 2 is 1.52 bits per heavy atom. The Labute approximate surface area is 238 Å². The highest BCUT2D eigenvalue weighted by atomic mass is 32.2. The maximum Gasteiger partial charge on any atom is 0.243 e. The lowest BCUT2D eigenvalue weighted by atomic mass is 10.0. The highest BCUT2D eigenvalue weighted by Gasteiger charge is 2.34. The third-order valence-corrected chi connectivity index (χ3v) is 9.31. The zero-order chi connectivity index (χ0) is 28.7. The van der Waals surface area contributed by atoms with Crippen molar-refractivity contribution in [1.29, 1.82) is 0 Å². The summed E-state index contributed by atoms with van der Waals surface area (Å²) in [6, 6.07) is 23.3. The van der Waals surface area contributed by atoms with Crippen molar-refractivity contribution in [2.24, 2.45) is 0 Å².